The molecule has 0 aromatic heterocycles. The molecule has 4 rings (SSSR count). The van der Waals surface area contributed by atoms with Crippen molar-refractivity contribution < 1.29 is 18.7 Å². The van der Waals surface area contributed by atoms with Crippen LogP contribution in [0.2, 0.25) is 0 Å². The molecule has 8 nitrogen and oxygen atoms in total. The molecular formula is C25H26Br2N3O5P. The summed E-state index contributed by atoms with van der Waals surface area (Å²) in [7, 11) is -3.34. The Morgan fingerprint density at radius 1 is 0.944 bits per heavy atom. The van der Waals surface area contributed by atoms with Crippen LogP contribution in [0.4, 0.5) is 5.69 Å². The van der Waals surface area contributed by atoms with Crippen molar-refractivity contribution in [1.29, 1.82) is 0 Å². The van der Waals surface area contributed by atoms with Gasteiger partial charge in [-0.3, -0.25) is 19.2 Å². The highest BCUT2D eigenvalue weighted by molar-refractivity contribution is 9.09. The van der Waals surface area contributed by atoms with E-state index in [-0.39, 0.29) is 11.4 Å². The van der Waals surface area contributed by atoms with Crippen LogP contribution in [0, 0.1) is 10.1 Å². The van der Waals surface area contributed by atoms with Crippen molar-refractivity contribution in [3.8, 4) is 22.6 Å². The fourth-order valence-electron chi connectivity index (χ4n) is 4.14. The summed E-state index contributed by atoms with van der Waals surface area (Å²) in [6.45, 7) is 0.916. The van der Waals surface area contributed by atoms with E-state index >= 15 is 0 Å². The SMILES string of the molecule is O=[N+]([O-])c1ccc2c(c1Oc1ccc(-c3ccccc3)cc1)CCC2OP(=O)(NCCBr)NCCBr. The van der Waals surface area contributed by atoms with Crippen LogP contribution in [0.25, 0.3) is 11.1 Å². The Balaban J connectivity index is 1.61. The van der Waals surface area contributed by atoms with E-state index in [0.717, 1.165) is 16.7 Å². The van der Waals surface area contributed by atoms with Crippen molar-refractivity contribution in [3.63, 3.8) is 0 Å². The molecule has 0 heterocycles. The summed E-state index contributed by atoms with van der Waals surface area (Å²) in [4.78, 5) is 11.4. The summed E-state index contributed by atoms with van der Waals surface area (Å²) in [5.74, 6) is 0.701. The van der Waals surface area contributed by atoms with E-state index in [4.69, 9.17) is 9.26 Å². The molecule has 1 aliphatic carbocycles. The summed E-state index contributed by atoms with van der Waals surface area (Å²) < 4.78 is 25.5. The smallest absolute Gasteiger partial charge is 0.341 e. The van der Waals surface area contributed by atoms with Gasteiger partial charge in [-0.05, 0) is 47.7 Å². The maximum atomic E-state index is 13.4. The van der Waals surface area contributed by atoms with Crippen molar-refractivity contribution in [2.75, 3.05) is 23.7 Å². The molecule has 11 heteroatoms. The third-order valence-corrected chi connectivity index (χ3v) is 8.39. The second kappa shape index (κ2) is 12.4. The van der Waals surface area contributed by atoms with Crippen molar-refractivity contribution in [2.45, 2.75) is 18.9 Å². The van der Waals surface area contributed by atoms with Crippen molar-refractivity contribution in [2.24, 2.45) is 0 Å². The zero-order valence-corrected chi connectivity index (χ0v) is 23.4. The summed E-state index contributed by atoms with van der Waals surface area (Å²) in [6.07, 6.45) is 0.561. The van der Waals surface area contributed by atoms with Crippen molar-refractivity contribution in [1.82, 2.24) is 10.2 Å². The van der Waals surface area contributed by atoms with E-state index in [0.29, 0.717) is 47.9 Å². The first-order valence-electron chi connectivity index (χ1n) is 11.5. The Labute approximate surface area is 226 Å². The molecular weight excluding hydrogens is 613 g/mol. The van der Waals surface area contributed by atoms with Gasteiger partial charge in [-0.25, -0.2) is 10.2 Å². The van der Waals surface area contributed by atoms with E-state index in [9.17, 15) is 14.7 Å². The molecule has 0 saturated carbocycles. The van der Waals surface area contributed by atoms with Gasteiger partial charge < -0.3 is 4.74 Å². The number of nitro groups is 1. The summed E-state index contributed by atoms with van der Waals surface area (Å²) in [5.41, 5.74) is 3.43. The van der Waals surface area contributed by atoms with Crippen LogP contribution in [0.15, 0.2) is 66.7 Å². The first-order chi connectivity index (χ1) is 17.4. The van der Waals surface area contributed by atoms with Gasteiger partial charge in [0, 0.05) is 35.4 Å². The maximum absolute atomic E-state index is 13.4. The largest absolute Gasteiger partial charge is 0.450 e. The molecule has 0 fully saturated rings. The topological polar surface area (TPSA) is 103 Å². The van der Waals surface area contributed by atoms with E-state index in [1.165, 1.54) is 6.07 Å². The predicted molar refractivity (Wildman–Crippen MR) is 148 cm³/mol. The second-order valence-corrected chi connectivity index (χ2v) is 11.6. The van der Waals surface area contributed by atoms with Crippen molar-refractivity contribution in [3.05, 3.63) is 88.0 Å². The number of nitrogens with one attached hydrogen (secondary N) is 2. The van der Waals surface area contributed by atoms with E-state index in [1.807, 2.05) is 42.5 Å². The highest BCUT2D eigenvalue weighted by Crippen LogP contribution is 2.51. The van der Waals surface area contributed by atoms with E-state index in [2.05, 4.69) is 42.0 Å². The van der Waals surface area contributed by atoms with Gasteiger partial charge in [0.05, 0.1) is 11.0 Å². The molecule has 2 N–H and O–H groups in total. The number of halogens is 2. The van der Waals surface area contributed by atoms with Crippen LogP contribution in [0.1, 0.15) is 23.7 Å². The number of benzene rings is 3. The lowest BCUT2D eigenvalue weighted by atomic mass is 10.1. The van der Waals surface area contributed by atoms with Gasteiger partial charge in [-0.2, -0.15) is 0 Å². The molecule has 1 unspecified atom stereocenters. The molecule has 190 valence electrons. The Hall–Kier alpha value is -2.07. The lowest BCUT2D eigenvalue weighted by Gasteiger charge is -2.24. The number of rotatable bonds is 12. The Morgan fingerprint density at radius 3 is 2.19 bits per heavy atom. The third kappa shape index (κ3) is 6.43. The van der Waals surface area contributed by atoms with Crippen LogP contribution >= 0.6 is 39.5 Å². The Bertz CT molecular complexity index is 1230. The normalized spacial score (nSPS) is 15.0. The number of nitro benzene ring substituents is 1. The van der Waals surface area contributed by atoms with Crippen LogP contribution in [0.3, 0.4) is 0 Å². The highest BCUT2D eigenvalue weighted by Gasteiger charge is 2.36. The fourth-order valence-corrected chi connectivity index (χ4v) is 6.80. The first kappa shape index (κ1) is 27.0. The van der Waals surface area contributed by atoms with Crippen LogP contribution in [-0.2, 0) is 15.5 Å². The van der Waals surface area contributed by atoms with E-state index in [1.54, 1.807) is 18.2 Å². The molecule has 0 radical (unpaired) electrons. The molecule has 0 aliphatic heterocycles. The van der Waals surface area contributed by atoms with Gasteiger partial charge >= 0.3 is 13.4 Å². The van der Waals surface area contributed by atoms with Crippen molar-refractivity contribution >= 4 is 45.2 Å². The minimum absolute atomic E-state index is 0.112. The summed E-state index contributed by atoms with van der Waals surface area (Å²) >= 11 is 6.66. The number of alkyl halides is 2. The van der Waals surface area contributed by atoms with Gasteiger partial charge in [0.15, 0.2) is 0 Å². The number of ether oxygens (including phenoxy) is 1. The number of nitrogens with zero attached hydrogens (tertiary/aromatic N) is 1. The zero-order valence-electron chi connectivity index (χ0n) is 19.4. The molecule has 36 heavy (non-hydrogen) atoms. The molecule has 0 bridgehead atoms. The van der Waals surface area contributed by atoms with Crippen LogP contribution in [-0.4, -0.2) is 28.7 Å². The standard InChI is InChI=1S/C25H26Br2N3O5P/c26-14-16-28-36(33,29-17-15-27)35-24-13-11-22-21(24)10-12-23(30(31)32)25(22)34-20-8-6-19(7-9-20)18-4-2-1-3-5-18/h1-10,12,24H,11,13-17H2,(H2,28,29,33). The molecule has 0 saturated heterocycles. The van der Waals surface area contributed by atoms with Gasteiger partial charge in [0.1, 0.15) is 5.75 Å². The minimum atomic E-state index is -3.34. The van der Waals surface area contributed by atoms with Crippen LogP contribution in [0.5, 0.6) is 11.5 Å². The molecule has 1 atom stereocenters. The summed E-state index contributed by atoms with van der Waals surface area (Å²) in [6, 6.07) is 20.5. The highest BCUT2D eigenvalue weighted by atomic mass is 79.9. The second-order valence-electron chi connectivity index (χ2n) is 8.11. The lowest BCUT2D eigenvalue weighted by molar-refractivity contribution is -0.385. The number of hydrogen-bond acceptors (Lipinski definition) is 5. The average Bonchev–Trinajstić information content (AvgIpc) is 3.30. The third-order valence-electron chi connectivity index (χ3n) is 5.76. The number of hydrogen-bond donors (Lipinski definition) is 2. The van der Waals surface area contributed by atoms with Gasteiger partial charge in [-0.15, -0.1) is 0 Å². The fraction of sp³-hybridized carbons (Fsp3) is 0.280. The Kier molecular flexibility index (Phi) is 9.33. The molecule has 0 amide bonds. The minimum Gasteiger partial charge on any atom is -0.450 e. The molecule has 3 aromatic carbocycles. The van der Waals surface area contributed by atoms with Gasteiger partial charge in [0.2, 0.25) is 5.75 Å². The Morgan fingerprint density at radius 2 is 1.58 bits per heavy atom. The quantitative estimate of drug-likeness (QED) is 0.0941. The van der Waals surface area contributed by atoms with E-state index < -0.39 is 18.7 Å². The lowest BCUT2D eigenvalue weighted by Crippen LogP contribution is -2.27. The monoisotopic (exact) mass is 637 g/mol. The first-order valence-corrected chi connectivity index (χ1v) is 15.3. The van der Waals surface area contributed by atoms with Gasteiger partial charge in [0.25, 0.3) is 0 Å². The van der Waals surface area contributed by atoms with Crippen LogP contribution < -0.4 is 14.9 Å². The summed E-state index contributed by atoms with van der Waals surface area (Å²) in [5, 5.41) is 19.0. The van der Waals surface area contributed by atoms with Gasteiger partial charge in [-0.1, -0.05) is 74.3 Å². The number of fused-ring (bicyclic) bond motifs is 1. The predicted octanol–water partition coefficient (Wildman–Crippen LogP) is 7.14. The average molecular weight is 639 g/mol. The maximum Gasteiger partial charge on any atom is 0.341 e. The molecule has 1 aliphatic rings. The zero-order chi connectivity index (χ0) is 25.5. The molecule has 3 aromatic rings. The molecule has 0 spiro atoms.